The number of hydrogen-bond donors (Lipinski definition) is 0. The third-order valence-electron chi connectivity index (χ3n) is 7.02. The number of alkyl halides is 3. The van der Waals surface area contributed by atoms with Gasteiger partial charge in [0, 0.05) is 44.4 Å². The molecule has 1 aromatic carbocycles. The highest BCUT2D eigenvalue weighted by molar-refractivity contribution is 6.32. The molecule has 206 valence electrons. The van der Waals surface area contributed by atoms with Gasteiger partial charge in [0.05, 0.1) is 22.9 Å². The lowest BCUT2D eigenvalue weighted by atomic mass is 10.0. The fourth-order valence-corrected chi connectivity index (χ4v) is 4.82. The molecule has 0 unspecified atom stereocenters. The topological polar surface area (TPSA) is 93.9 Å². The Morgan fingerprint density at radius 1 is 1.03 bits per heavy atom. The van der Waals surface area contributed by atoms with Crippen molar-refractivity contribution < 1.29 is 32.3 Å². The van der Waals surface area contributed by atoms with E-state index in [2.05, 4.69) is 4.90 Å². The monoisotopic (exact) mass is 534 g/mol. The second-order valence-electron chi connectivity index (χ2n) is 9.56. The summed E-state index contributed by atoms with van der Waals surface area (Å²) >= 11 is 0. The average Bonchev–Trinajstić information content (AvgIpc) is 3.10. The van der Waals surface area contributed by atoms with Crippen LogP contribution in [0.3, 0.4) is 0 Å². The first kappa shape index (κ1) is 29.3. The van der Waals surface area contributed by atoms with E-state index in [1.807, 2.05) is 4.90 Å². The summed E-state index contributed by atoms with van der Waals surface area (Å²) in [4.78, 5) is 42.5. The summed E-state index contributed by atoms with van der Waals surface area (Å²) in [5.41, 5.74) is -1.36. The van der Waals surface area contributed by atoms with Gasteiger partial charge in [0.25, 0.3) is 11.8 Å². The van der Waals surface area contributed by atoms with Crippen molar-refractivity contribution >= 4 is 23.4 Å². The number of nitriles is 1. The van der Waals surface area contributed by atoms with Gasteiger partial charge < -0.3 is 9.64 Å². The first-order chi connectivity index (χ1) is 18.1. The van der Waals surface area contributed by atoms with Gasteiger partial charge >= 0.3 is 6.18 Å². The maximum Gasteiger partial charge on any atom is 0.417 e. The largest absolute Gasteiger partial charge is 0.417 e. The maximum atomic E-state index is 13.3. The SMILES string of the molecule is COCC(=O)N1CCN(CCCCCCCC2=C(C)C(=O)N(c3ccc(C#N)c(C(F)(F)F)c3)C2=O)CC1. The summed E-state index contributed by atoms with van der Waals surface area (Å²) in [6.07, 6.45) is 0.176. The number of benzene rings is 1. The molecule has 3 rings (SSSR count). The normalized spacial score (nSPS) is 16.9. The zero-order chi connectivity index (χ0) is 27.9. The molecule has 2 aliphatic rings. The van der Waals surface area contributed by atoms with Crippen LogP contribution < -0.4 is 4.90 Å². The maximum absolute atomic E-state index is 13.3. The van der Waals surface area contributed by atoms with Crippen LogP contribution in [0, 0.1) is 11.3 Å². The van der Waals surface area contributed by atoms with Crippen LogP contribution in [0.15, 0.2) is 29.3 Å². The lowest BCUT2D eigenvalue weighted by Crippen LogP contribution is -2.49. The molecule has 2 aliphatic heterocycles. The number of amides is 3. The number of hydrogen-bond acceptors (Lipinski definition) is 6. The van der Waals surface area contributed by atoms with E-state index in [-0.39, 0.29) is 23.8 Å². The van der Waals surface area contributed by atoms with E-state index in [1.54, 1.807) is 0 Å². The van der Waals surface area contributed by atoms with Gasteiger partial charge in [-0.1, -0.05) is 19.3 Å². The number of halogens is 3. The van der Waals surface area contributed by atoms with Crippen molar-refractivity contribution in [3.05, 3.63) is 40.5 Å². The molecule has 0 radical (unpaired) electrons. The van der Waals surface area contributed by atoms with Crippen LogP contribution in [0.5, 0.6) is 0 Å². The van der Waals surface area contributed by atoms with Gasteiger partial charge in [-0.2, -0.15) is 18.4 Å². The Bertz CT molecular complexity index is 1120. The van der Waals surface area contributed by atoms with E-state index in [9.17, 15) is 27.6 Å². The fraction of sp³-hybridized carbons (Fsp3) is 0.556. The molecular weight excluding hydrogens is 501 g/mol. The van der Waals surface area contributed by atoms with Crippen LogP contribution in [0.4, 0.5) is 18.9 Å². The molecule has 1 fully saturated rings. The molecule has 0 saturated carbocycles. The van der Waals surface area contributed by atoms with Crippen molar-refractivity contribution in [2.75, 3.05) is 51.3 Å². The third-order valence-corrected chi connectivity index (χ3v) is 7.02. The molecule has 1 saturated heterocycles. The van der Waals surface area contributed by atoms with Gasteiger partial charge in [-0.3, -0.25) is 19.3 Å². The number of carbonyl (C=O) groups is 3. The number of methoxy groups -OCH3 is 1. The molecule has 0 aliphatic carbocycles. The Morgan fingerprint density at radius 3 is 2.32 bits per heavy atom. The first-order valence-electron chi connectivity index (χ1n) is 12.8. The fourth-order valence-electron chi connectivity index (χ4n) is 4.82. The number of anilines is 1. The van der Waals surface area contributed by atoms with Crippen molar-refractivity contribution in [1.29, 1.82) is 5.26 Å². The second kappa shape index (κ2) is 13.0. The van der Waals surface area contributed by atoms with Crippen molar-refractivity contribution in [2.24, 2.45) is 0 Å². The van der Waals surface area contributed by atoms with Crippen molar-refractivity contribution in [1.82, 2.24) is 9.80 Å². The molecule has 0 aromatic heterocycles. The van der Waals surface area contributed by atoms with E-state index in [1.165, 1.54) is 26.2 Å². The Morgan fingerprint density at radius 2 is 1.68 bits per heavy atom. The number of ether oxygens (including phenoxy) is 1. The molecule has 2 heterocycles. The number of piperazine rings is 1. The van der Waals surface area contributed by atoms with Crippen LogP contribution in [0.25, 0.3) is 0 Å². The van der Waals surface area contributed by atoms with E-state index in [4.69, 9.17) is 10.00 Å². The Hall–Kier alpha value is -3.23. The Labute approximate surface area is 220 Å². The second-order valence-corrected chi connectivity index (χ2v) is 9.56. The first-order valence-corrected chi connectivity index (χ1v) is 12.8. The Balaban J connectivity index is 1.42. The lowest BCUT2D eigenvalue weighted by molar-refractivity contribution is -0.138. The predicted octanol–water partition coefficient (Wildman–Crippen LogP) is 3.90. The minimum Gasteiger partial charge on any atom is -0.375 e. The van der Waals surface area contributed by atoms with Crippen molar-refractivity contribution in [3.63, 3.8) is 0 Å². The van der Waals surface area contributed by atoms with Gasteiger partial charge in [0.1, 0.15) is 6.61 Å². The van der Waals surface area contributed by atoms with Gasteiger partial charge in [-0.05, 0) is 50.9 Å². The molecule has 0 bridgehead atoms. The highest BCUT2D eigenvalue weighted by Crippen LogP contribution is 2.37. The van der Waals surface area contributed by atoms with Gasteiger partial charge in [0.2, 0.25) is 5.91 Å². The molecule has 1 aromatic rings. The van der Waals surface area contributed by atoms with Crippen LogP contribution in [-0.2, 0) is 25.3 Å². The number of imide groups is 1. The van der Waals surface area contributed by atoms with Crippen LogP contribution in [0.1, 0.15) is 56.6 Å². The quantitative estimate of drug-likeness (QED) is 0.316. The summed E-state index contributed by atoms with van der Waals surface area (Å²) in [5, 5.41) is 8.99. The van der Waals surface area contributed by atoms with Crippen LogP contribution in [-0.4, -0.2) is 74.0 Å². The lowest BCUT2D eigenvalue weighted by Gasteiger charge is -2.34. The van der Waals surface area contributed by atoms with Crippen LogP contribution in [0.2, 0.25) is 0 Å². The van der Waals surface area contributed by atoms with Gasteiger partial charge in [-0.15, -0.1) is 0 Å². The number of rotatable bonds is 11. The molecule has 3 amide bonds. The van der Waals surface area contributed by atoms with Gasteiger partial charge in [-0.25, -0.2) is 4.90 Å². The Kier molecular flexibility index (Phi) is 10.1. The third kappa shape index (κ3) is 6.99. The predicted molar refractivity (Wildman–Crippen MR) is 134 cm³/mol. The van der Waals surface area contributed by atoms with Crippen molar-refractivity contribution in [3.8, 4) is 6.07 Å². The number of carbonyl (C=O) groups excluding carboxylic acids is 3. The molecule has 8 nitrogen and oxygen atoms in total. The summed E-state index contributed by atoms with van der Waals surface area (Å²) in [5.74, 6) is -1.22. The average molecular weight is 535 g/mol. The minimum absolute atomic E-state index is 0.0195. The zero-order valence-corrected chi connectivity index (χ0v) is 21.8. The van der Waals surface area contributed by atoms with Gasteiger partial charge in [0.15, 0.2) is 0 Å². The highest BCUT2D eigenvalue weighted by Gasteiger charge is 2.39. The minimum atomic E-state index is -4.78. The van der Waals surface area contributed by atoms with E-state index < -0.39 is 29.1 Å². The number of nitrogens with zero attached hydrogens (tertiary/aromatic N) is 4. The highest BCUT2D eigenvalue weighted by atomic mass is 19.4. The molecule has 0 spiro atoms. The number of unbranched alkanes of at least 4 members (excludes halogenated alkanes) is 4. The summed E-state index contributed by atoms with van der Waals surface area (Å²) in [7, 11) is 1.51. The molecule has 0 atom stereocenters. The summed E-state index contributed by atoms with van der Waals surface area (Å²) in [6.45, 7) is 5.71. The molecule has 0 N–H and O–H groups in total. The van der Waals surface area contributed by atoms with E-state index >= 15 is 0 Å². The van der Waals surface area contributed by atoms with E-state index in [0.717, 1.165) is 56.3 Å². The van der Waals surface area contributed by atoms with Crippen LogP contribution >= 0.6 is 0 Å². The zero-order valence-electron chi connectivity index (χ0n) is 21.8. The summed E-state index contributed by atoms with van der Waals surface area (Å²) < 4.78 is 44.9. The molecule has 11 heteroatoms. The standard InChI is InChI=1S/C27H33F3N4O4/c1-19-22(8-6-4-3-5-7-11-32-12-14-33(15-13-32)24(35)18-38-2)26(37)34(25(19)36)21-10-9-20(17-31)23(16-21)27(28,29)30/h9-10,16H,3-8,11-15,18H2,1-2H3. The summed E-state index contributed by atoms with van der Waals surface area (Å²) in [6, 6.07) is 4.35. The molecule has 38 heavy (non-hydrogen) atoms. The van der Waals surface area contributed by atoms with Crippen molar-refractivity contribution in [2.45, 2.75) is 51.6 Å². The molecular formula is C27H33F3N4O4. The smallest absolute Gasteiger partial charge is 0.375 e. The van der Waals surface area contributed by atoms with E-state index in [0.29, 0.717) is 37.6 Å².